The first-order valence-electron chi connectivity index (χ1n) is 13.1. The van der Waals surface area contributed by atoms with Gasteiger partial charge < -0.3 is 15.0 Å². The molecule has 2 amide bonds. The second-order valence-electron chi connectivity index (χ2n) is 9.66. The molecule has 208 valence electrons. The van der Waals surface area contributed by atoms with Crippen LogP contribution in [0, 0.1) is 0 Å². The van der Waals surface area contributed by atoms with E-state index in [4.69, 9.17) is 16.3 Å². The monoisotopic (exact) mass is 563 g/mol. The lowest BCUT2D eigenvalue weighted by atomic mass is 10.1. The lowest BCUT2D eigenvalue weighted by Gasteiger charge is -2.30. The summed E-state index contributed by atoms with van der Waals surface area (Å²) in [5.41, 5.74) is 1.25. The van der Waals surface area contributed by atoms with E-state index in [1.807, 2.05) is 19.1 Å². The Morgan fingerprint density at radius 2 is 1.84 bits per heavy atom. The van der Waals surface area contributed by atoms with Crippen LogP contribution in [0.5, 0.6) is 5.75 Å². The van der Waals surface area contributed by atoms with Crippen LogP contribution >= 0.6 is 11.6 Å². The third kappa shape index (κ3) is 8.36. The van der Waals surface area contributed by atoms with Crippen LogP contribution in [-0.2, 0) is 26.2 Å². The van der Waals surface area contributed by atoms with Crippen LogP contribution in [0.3, 0.4) is 0 Å². The summed E-state index contributed by atoms with van der Waals surface area (Å²) < 4.78 is 32.2. The molecular formula is C28H38ClN3O5S. The Morgan fingerprint density at radius 1 is 1.13 bits per heavy atom. The number of nitrogens with zero attached hydrogens (tertiary/aromatic N) is 2. The van der Waals surface area contributed by atoms with E-state index >= 15 is 0 Å². The molecule has 0 saturated heterocycles. The maximum absolute atomic E-state index is 13.5. The molecule has 0 unspecified atom stereocenters. The first-order chi connectivity index (χ1) is 18.1. The molecular weight excluding hydrogens is 526 g/mol. The first kappa shape index (κ1) is 29.8. The van der Waals surface area contributed by atoms with Crippen molar-refractivity contribution in [2.45, 2.75) is 71.0 Å². The van der Waals surface area contributed by atoms with Gasteiger partial charge in [0.15, 0.2) is 0 Å². The molecule has 1 aliphatic rings. The molecule has 0 heterocycles. The lowest BCUT2D eigenvalue weighted by Crippen LogP contribution is -2.49. The molecule has 10 heteroatoms. The van der Waals surface area contributed by atoms with Gasteiger partial charge in [0.25, 0.3) is 0 Å². The first-order valence-corrected chi connectivity index (χ1v) is 15.4. The van der Waals surface area contributed by atoms with Gasteiger partial charge >= 0.3 is 0 Å². The van der Waals surface area contributed by atoms with Crippen LogP contribution in [0.2, 0.25) is 5.02 Å². The Morgan fingerprint density at radius 3 is 2.50 bits per heavy atom. The van der Waals surface area contributed by atoms with E-state index in [1.165, 1.54) is 4.31 Å². The predicted octanol–water partition coefficient (Wildman–Crippen LogP) is 4.76. The molecule has 2 aromatic carbocycles. The maximum atomic E-state index is 13.5. The number of nitrogens with one attached hydrogen (secondary N) is 1. The molecule has 0 radical (unpaired) electrons. The van der Waals surface area contributed by atoms with Gasteiger partial charge in [-0.1, -0.05) is 48.7 Å². The molecule has 2 aromatic rings. The van der Waals surface area contributed by atoms with Gasteiger partial charge in [-0.05, 0) is 62.9 Å². The third-order valence-corrected chi connectivity index (χ3v) is 8.11. The van der Waals surface area contributed by atoms with E-state index in [2.05, 4.69) is 5.32 Å². The smallest absolute Gasteiger partial charge is 0.242 e. The Kier molecular flexibility index (Phi) is 10.8. The Hall–Kier alpha value is -2.78. The van der Waals surface area contributed by atoms with Crippen LogP contribution < -0.4 is 14.4 Å². The van der Waals surface area contributed by atoms with Crippen molar-refractivity contribution in [1.82, 2.24) is 10.2 Å². The summed E-state index contributed by atoms with van der Waals surface area (Å²) in [7, 11) is -3.62. The number of carbonyl (C=O) groups excluding carboxylic acids is 2. The molecule has 1 saturated carbocycles. The minimum atomic E-state index is -3.62. The zero-order valence-corrected chi connectivity index (χ0v) is 23.9. The van der Waals surface area contributed by atoms with Gasteiger partial charge in [-0.3, -0.25) is 13.9 Å². The van der Waals surface area contributed by atoms with Gasteiger partial charge in [0.1, 0.15) is 11.8 Å². The summed E-state index contributed by atoms with van der Waals surface area (Å²) in [4.78, 5) is 28.1. The number of hydrogen-bond acceptors (Lipinski definition) is 5. The van der Waals surface area contributed by atoms with Crippen molar-refractivity contribution in [3.05, 3.63) is 59.1 Å². The normalized spacial score (nSPS) is 14.6. The number of benzene rings is 2. The van der Waals surface area contributed by atoms with Crippen molar-refractivity contribution in [2.24, 2.45) is 0 Å². The standard InChI is InChI=1S/C28H38ClN3O5S/c1-4-37-26-16-8-7-15-25(26)32(38(3,35)36)18-10-17-27(33)31(20-22-11-9-12-23(29)19-22)21(2)28(34)30-24-13-5-6-14-24/h7-9,11-12,15-16,19,21,24H,4-6,10,13-14,17-18,20H2,1-3H3,(H,30,34)/t21-/m0/s1. The second kappa shape index (κ2) is 13.8. The van der Waals surface area contributed by atoms with E-state index in [1.54, 1.807) is 48.2 Å². The van der Waals surface area contributed by atoms with Crippen molar-refractivity contribution >= 4 is 39.1 Å². The Balaban J connectivity index is 1.74. The quantitative estimate of drug-likeness (QED) is 0.379. The molecule has 0 aliphatic heterocycles. The third-order valence-electron chi connectivity index (χ3n) is 6.70. The summed E-state index contributed by atoms with van der Waals surface area (Å²) in [6.07, 6.45) is 5.57. The predicted molar refractivity (Wildman–Crippen MR) is 151 cm³/mol. The summed E-state index contributed by atoms with van der Waals surface area (Å²) in [5.74, 6) is 0.0489. The van der Waals surface area contributed by atoms with Gasteiger partial charge in [-0.15, -0.1) is 0 Å². The molecule has 3 rings (SSSR count). The number of ether oxygens (including phenoxy) is 1. The van der Waals surface area contributed by atoms with Gasteiger partial charge in [-0.25, -0.2) is 8.42 Å². The van der Waals surface area contributed by atoms with Crippen LogP contribution in [0.4, 0.5) is 5.69 Å². The fourth-order valence-corrected chi connectivity index (χ4v) is 5.91. The molecule has 1 N–H and O–H groups in total. The van der Waals surface area contributed by atoms with Gasteiger partial charge in [-0.2, -0.15) is 0 Å². The van der Waals surface area contributed by atoms with Gasteiger partial charge in [0.2, 0.25) is 21.8 Å². The second-order valence-corrected chi connectivity index (χ2v) is 12.0. The molecule has 1 atom stereocenters. The fraction of sp³-hybridized carbons (Fsp3) is 0.500. The van der Waals surface area contributed by atoms with E-state index in [9.17, 15) is 18.0 Å². The van der Waals surface area contributed by atoms with Crippen LogP contribution in [-0.4, -0.2) is 56.6 Å². The lowest BCUT2D eigenvalue weighted by molar-refractivity contribution is -0.141. The number of para-hydroxylation sites is 2. The molecule has 0 bridgehead atoms. The van der Waals surface area contributed by atoms with Gasteiger partial charge in [0, 0.05) is 30.6 Å². The summed E-state index contributed by atoms with van der Waals surface area (Å²) in [6.45, 7) is 4.28. The van der Waals surface area contributed by atoms with Crippen LogP contribution in [0.25, 0.3) is 0 Å². The number of hydrogen-bond donors (Lipinski definition) is 1. The van der Waals surface area contributed by atoms with E-state index in [0.29, 0.717) is 23.1 Å². The van der Waals surface area contributed by atoms with Crippen molar-refractivity contribution < 1.29 is 22.7 Å². The summed E-state index contributed by atoms with van der Waals surface area (Å²) >= 11 is 6.16. The zero-order valence-electron chi connectivity index (χ0n) is 22.4. The highest BCUT2D eigenvalue weighted by Gasteiger charge is 2.29. The number of sulfonamides is 1. The highest BCUT2D eigenvalue weighted by molar-refractivity contribution is 7.92. The highest BCUT2D eigenvalue weighted by Crippen LogP contribution is 2.30. The Bertz CT molecular complexity index is 1200. The van der Waals surface area contributed by atoms with Crippen molar-refractivity contribution in [3.63, 3.8) is 0 Å². The molecule has 0 spiro atoms. The summed E-state index contributed by atoms with van der Waals surface area (Å²) in [6, 6.07) is 13.6. The molecule has 1 fully saturated rings. The number of carbonyl (C=O) groups is 2. The fourth-order valence-electron chi connectivity index (χ4n) is 4.73. The molecule has 8 nitrogen and oxygen atoms in total. The van der Waals surface area contributed by atoms with E-state index in [-0.39, 0.29) is 43.8 Å². The van der Waals surface area contributed by atoms with Crippen LogP contribution in [0.1, 0.15) is 57.9 Å². The minimum absolute atomic E-state index is 0.0738. The number of anilines is 1. The Labute approximate surface area is 231 Å². The van der Waals surface area contributed by atoms with E-state index < -0.39 is 16.1 Å². The molecule has 38 heavy (non-hydrogen) atoms. The van der Waals surface area contributed by atoms with E-state index in [0.717, 1.165) is 37.5 Å². The van der Waals surface area contributed by atoms with Crippen molar-refractivity contribution in [3.8, 4) is 5.75 Å². The summed E-state index contributed by atoms with van der Waals surface area (Å²) in [5, 5.41) is 3.64. The zero-order chi connectivity index (χ0) is 27.7. The minimum Gasteiger partial charge on any atom is -0.492 e. The van der Waals surface area contributed by atoms with Gasteiger partial charge in [0.05, 0.1) is 18.6 Å². The molecule has 0 aromatic heterocycles. The number of amides is 2. The van der Waals surface area contributed by atoms with Crippen molar-refractivity contribution in [2.75, 3.05) is 23.7 Å². The number of rotatable bonds is 13. The van der Waals surface area contributed by atoms with Crippen molar-refractivity contribution in [1.29, 1.82) is 0 Å². The van der Waals surface area contributed by atoms with Crippen LogP contribution in [0.15, 0.2) is 48.5 Å². The molecule has 1 aliphatic carbocycles. The maximum Gasteiger partial charge on any atom is 0.242 e. The average Bonchev–Trinajstić information content (AvgIpc) is 3.38. The SMILES string of the molecule is CCOc1ccccc1N(CCCC(=O)N(Cc1cccc(Cl)c1)[C@@H](C)C(=O)NC1CCCC1)S(C)(=O)=O. The largest absolute Gasteiger partial charge is 0.492 e. The highest BCUT2D eigenvalue weighted by atomic mass is 35.5. The average molecular weight is 564 g/mol. The topological polar surface area (TPSA) is 96.0 Å². The number of halogens is 1.